The number of unbranched alkanes of at least 4 members (excludes halogenated alkanes) is 5. The maximum Gasteiger partial charge on any atom is 0.306 e. The molecular formula is C21H45O2P. The van der Waals surface area contributed by atoms with Gasteiger partial charge in [-0.15, -0.1) is 7.92 Å². The van der Waals surface area contributed by atoms with Gasteiger partial charge in [0, 0.05) is 0 Å². The van der Waals surface area contributed by atoms with Crippen molar-refractivity contribution in [3.05, 3.63) is 0 Å². The van der Waals surface area contributed by atoms with Gasteiger partial charge in [-0.25, -0.2) is 0 Å². The fraction of sp³-hybridized carbons (Fsp3) is 0.952. The van der Waals surface area contributed by atoms with Crippen molar-refractivity contribution in [2.45, 2.75) is 105 Å². The van der Waals surface area contributed by atoms with Crippen molar-refractivity contribution >= 4 is 13.9 Å². The second-order valence-corrected chi connectivity index (χ2v) is 9.52. The summed E-state index contributed by atoms with van der Waals surface area (Å²) in [5.74, 6) is -0.745. The van der Waals surface area contributed by atoms with Crippen LogP contribution in [0.4, 0.5) is 0 Å². The highest BCUT2D eigenvalue weighted by molar-refractivity contribution is 7.57. The van der Waals surface area contributed by atoms with Crippen LogP contribution < -0.4 is 0 Å². The molecule has 0 saturated carbocycles. The van der Waals surface area contributed by atoms with Crippen LogP contribution in [0, 0.1) is 5.92 Å². The summed E-state index contributed by atoms with van der Waals surface area (Å²) in [6.07, 6.45) is 18.2. The molecule has 0 bridgehead atoms. The maximum atomic E-state index is 10.5. The lowest BCUT2D eigenvalue weighted by atomic mass is 9.99. The number of rotatable bonds is 15. The minimum Gasteiger partial charge on any atom is -0.481 e. The Bertz CT molecular complexity index is 237. The van der Waals surface area contributed by atoms with E-state index >= 15 is 0 Å². The topological polar surface area (TPSA) is 37.3 Å². The van der Waals surface area contributed by atoms with Crippen LogP contribution in [0.5, 0.6) is 0 Å². The second-order valence-electron chi connectivity index (χ2n) is 6.84. The van der Waals surface area contributed by atoms with Crippen LogP contribution in [-0.4, -0.2) is 29.6 Å². The Morgan fingerprint density at radius 3 is 1.46 bits per heavy atom. The molecule has 24 heavy (non-hydrogen) atoms. The molecule has 0 aliphatic rings. The molecule has 0 aliphatic carbocycles. The van der Waals surface area contributed by atoms with Crippen LogP contribution in [0.1, 0.15) is 105 Å². The van der Waals surface area contributed by atoms with Crippen molar-refractivity contribution in [2.24, 2.45) is 5.92 Å². The van der Waals surface area contributed by atoms with Crippen molar-refractivity contribution in [1.82, 2.24) is 0 Å². The third kappa shape index (κ3) is 18.2. The molecule has 0 aromatic rings. The van der Waals surface area contributed by atoms with Crippen LogP contribution in [0.25, 0.3) is 0 Å². The summed E-state index contributed by atoms with van der Waals surface area (Å²) >= 11 is 0. The lowest BCUT2D eigenvalue weighted by molar-refractivity contribution is -0.142. The smallest absolute Gasteiger partial charge is 0.306 e. The summed E-state index contributed by atoms with van der Waals surface area (Å²) in [5, 5.41) is 8.67. The Kier molecular flexibility index (Phi) is 22.8. The molecule has 0 aromatic heterocycles. The van der Waals surface area contributed by atoms with Gasteiger partial charge >= 0.3 is 5.97 Å². The highest BCUT2D eigenvalue weighted by Crippen LogP contribution is 2.38. The standard InChI is InChI=1S/C12H27P.C9H18O2/c1-4-7-10-13(11-8-5-2)12-9-6-3;1-3-5-6-7-8(4-2)9(10)11/h4-12H2,1-3H3;8H,3-7H2,1-2H3,(H,10,11). The first-order valence-corrected chi connectivity index (χ1v) is 12.4. The average molecular weight is 361 g/mol. The van der Waals surface area contributed by atoms with Gasteiger partial charge in [-0.1, -0.05) is 73.1 Å². The minimum absolute atomic E-state index is 0.110. The number of carboxylic acid groups (broad SMARTS) is 1. The molecule has 146 valence electrons. The largest absolute Gasteiger partial charge is 0.481 e. The zero-order valence-corrected chi connectivity index (χ0v) is 18.2. The maximum absolute atomic E-state index is 10.5. The average Bonchev–Trinajstić information content (AvgIpc) is 2.58. The first-order valence-electron chi connectivity index (χ1n) is 10.5. The monoisotopic (exact) mass is 360 g/mol. The number of carboxylic acids is 1. The highest BCUT2D eigenvalue weighted by atomic mass is 31.1. The van der Waals surface area contributed by atoms with Gasteiger partial charge in [0.05, 0.1) is 5.92 Å². The van der Waals surface area contributed by atoms with E-state index in [4.69, 9.17) is 5.11 Å². The quantitative estimate of drug-likeness (QED) is 0.242. The lowest BCUT2D eigenvalue weighted by Gasteiger charge is -2.16. The van der Waals surface area contributed by atoms with E-state index in [-0.39, 0.29) is 5.92 Å². The molecule has 1 N–H and O–H groups in total. The van der Waals surface area contributed by atoms with E-state index in [1.54, 1.807) is 18.5 Å². The van der Waals surface area contributed by atoms with Crippen molar-refractivity contribution in [3.8, 4) is 0 Å². The molecule has 2 nitrogen and oxygen atoms in total. The van der Waals surface area contributed by atoms with Crippen LogP contribution in [0.15, 0.2) is 0 Å². The minimum atomic E-state index is -0.636. The molecule has 0 aromatic carbocycles. The first-order chi connectivity index (χ1) is 11.6. The Hall–Kier alpha value is -0.100. The Labute approximate surface area is 153 Å². The molecule has 0 saturated heterocycles. The second kappa shape index (κ2) is 20.9. The molecular weight excluding hydrogens is 315 g/mol. The zero-order chi connectivity index (χ0) is 18.6. The van der Waals surface area contributed by atoms with E-state index in [1.165, 1.54) is 38.5 Å². The fourth-order valence-corrected chi connectivity index (χ4v) is 5.58. The number of aliphatic carboxylic acids is 1. The fourth-order valence-electron chi connectivity index (χ4n) is 2.62. The molecule has 1 unspecified atom stereocenters. The van der Waals surface area contributed by atoms with Crippen molar-refractivity contribution in [1.29, 1.82) is 0 Å². The van der Waals surface area contributed by atoms with E-state index in [2.05, 4.69) is 27.7 Å². The van der Waals surface area contributed by atoms with Crippen molar-refractivity contribution < 1.29 is 9.90 Å². The third-order valence-corrected chi connectivity index (χ3v) is 7.33. The Balaban J connectivity index is 0. The van der Waals surface area contributed by atoms with E-state index in [0.717, 1.165) is 32.1 Å². The highest BCUT2D eigenvalue weighted by Gasteiger charge is 2.13. The summed E-state index contributed by atoms with van der Waals surface area (Å²) in [6, 6.07) is 0. The predicted molar refractivity (Wildman–Crippen MR) is 112 cm³/mol. The number of hydrogen-bond acceptors (Lipinski definition) is 1. The van der Waals surface area contributed by atoms with Gasteiger partial charge < -0.3 is 5.11 Å². The molecule has 0 heterocycles. The summed E-state index contributed by atoms with van der Waals surface area (Å²) in [6.45, 7) is 11.0. The van der Waals surface area contributed by atoms with Crippen molar-refractivity contribution in [3.63, 3.8) is 0 Å². The van der Waals surface area contributed by atoms with E-state index in [1.807, 2.05) is 6.92 Å². The molecule has 0 rings (SSSR count). The molecule has 1 atom stereocenters. The van der Waals surface area contributed by atoms with Gasteiger partial charge in [-0.2, -0.15) is 0 Å². The Morgan fingerprint density at radius 2 is 1.17 bits per heavy atom. The van der Waals surface area contributed by atoms with Crippen molar-refractivity contribution in [2.75, 3.05) is 18.5 Å². The molecule has 0 fully saturated rings. The van der Waals surface area contributed by atoms with Gasteiger partial charge in [0.15, 0.2) is 0 Å². The normalized spacial score (nSPS) is 11.9. The van der Waals surface area contributed by atoms with Gasteiger partial charge in [-0.05, 0) is 50.6 Å². The van der Waals surface area contributed by atoms with Crippen LogP contribution in [0.2, 0.25) is 0 Å². The summed E-state index contributed by atoms with van der Waals surface area (Å²) < 4.78 is 0. The Morgan fingerprint density at radius 1 is 0.750 bits per heavy atom. The van der Waals surface area contributed by atoms with Crippen LogP contribution in [0.3, 0.4) is 0 Å². The summed E-state index contributed by atoms with van der Waals surface area (Å²) in [5.41, 5.74) is 0. The van der Waals surface area contributed by atoms with Crippen LogP contribution in [-0.2, 0) is 4.79 Å². The molecule has 0 spiro atoms. The molecule has 0 amide bonds. The van der Waals surface area contributed by atoms with Gasteiger partial charge in [-0.3, -0.25) is 4.79 Å². The lowest BCUT2D eigenvalue weighted by Crippen LogP contribution is -2.12. The summed E-state index contributed by atoms with van der Waals surface area (Å²) in [4.78, 5) is 10.5. The molecule has 3 heteroatoms. The van der Waals surface area contributed by atoms with Crippen LogP contribution >= 0.6 is 7.92 Å². The summed E-state index contributed by atoms with van der Waals surface area (Å²) in [7, 11) is 0.422. The molecule has 0 aliphatic heterocycles. The zero-order valence-electron chi connectivity index (χ0n) is 17.3. The van der Waals surface area contributed by atoms with E-state index in [0.29, 0.717) is 7.92 Å². The SMILES string of the molecule is CCCCCC(CC)C(=O)O.CCCCP(CCCC)CCCC. The van der Waals surface area contributed by atoms with Gasteiger partial charge in [0.25, 0.3) is 0 Å². The third-order valence-electron chi connectivity index (χ3n) is 4.48. The van der Waals surface area contributed by atoms with E-state index in [9.17, 15) is 4.79 Å². The van der Waals surface area contributed by atoms with E-state index < -0.39 is 5.97 Å². The number of hydrogen-bond donors (Lipinski definition) is 1. The molecule has 0 radical (unpaired) electrons. The first kappa shape index (κ1) is 26.1. The number of carbonyl (C=O) groups is 1. The predicted octanol–water partition coefficient (Wildman–Crippen LogP) is 7.55. The van der Waals surface area contributed by atoms with Gasteiger partial charge in [0.2, 0.25) is 0 Å². The van der Waals surface area contributed by atoms with Gasteiger partial charge in [0.1, 0.15) is 0 Å².